The molecule has 0 saturated carbocycles. The summed E-state index contributed by atoms with van der Waals surface area (Å²) in [6.07, 6.45) is 2.13. The van der Waals surface area contributed by atoms with E-state index in [9.17, 15) is 0 Å². The minimum absolute atomic E-state index is 0.0324. The van der Waals surface area contributed by atoms with E-state index in [2.05, 4.69) is 0 Å². The van der Waals surface area contributed by atoms with Gasteiger partial charge in [0.2, 0.25) is 0 Å². The lowest BCUT2D eigenvalue weighted by molar-refractivity contribution is 0.432. The van der Waals surface area contributed by atoms with E-state index in [1.807, 2.05) is 0 Å². The van der Waals surface area contributed by atoms with Crippen LogP contribution in [0.3, 0.4) is 0 Å². The molecule has 0 spiro atoms. The SMILES string of the molecule is N=C(N)/C=C(\O)C=C(N)N. The van der Waals surface area contributed by atoms with E-state index in [1.54, 1.807) is 0 Å². The van der Waals surface area contributed by atoms with Gasteiger partial charge in [0.25, 0.3) is 0 Å². The van der Waals surface area contributed by atoms with Crippen LogP contribution >= 0.6 is 0 Å². The van der Waals surface area contributed by atoms with Gasteiger partial charge >= 0.3 is 0 Å². The van der Waals surface area contributed by atoms with Crippen molar-refractivity contribution in [3.8, 4) is 0 Å². The lowest BCUT2D eigenvalue weighted by Crippen LogP contribution is -2.09. The van der Waals surface area contributed by atoms with Crippen molar-refractivity contribution in [1.29, 1.82) is 5.41 Å². The van der Waals surface area contributed by atoms with Crippen LogP contribution < -0.4 is 17.2 Å². The number of amidine groups is 1. The van der Waals surface area contributed by atoms with Crippen LogP contribution in [0, 0.1) is 5.41 Å². The monoisotopic (exact) mass is 142 g/mol. The zero-order valence-corrected chi connectivity index (χ0v) is 5.33. The fourth-order valence-electron chi connectivity index (χ4n) is 0.372. The van der Waals surface area contributed by atoms with Crippen molar-refractivity contribution in [3.05, 3.63) is 23.7 Å². The van der Waals surface area contributed by atoms with Crippen molar-refractivity contribution < 1.29 is 5.11 Å². The van der Waals surface area contributed by atoms with Gasteiger partial charge in [-0.25, -0.2) is 0 Å². The highest BCUT2D eigenvalue weighted by molar-refractivity contribution is 5.89. The molecule has 8 N–H and O–H groups in total. The normalized spacial score (nSPS) is 10.6. The van der Waals surface area contributed by atoms with Crippen molar-refractivity contribution in [2.45, 2.75) is 0 Å². The van der Waals surface area contributed by atoms with Crippen LogP contribution in [0.4, 0.5) is 0 Å². The molecule has 0 aromatic rings. The molecule has 0 aliphatic carbocycles. The van der Waals surface area contributed by atoms with E-state index in [1.165, 1.54) is 0 Å². The van der Waals surface area contributed by atoms with Gasteiger partial charge in [0.1, 0.15) is 11.6 Å². The maximum atomic E-state index is 8.79. The first-order valence-electron chi connectivity index (χ1n) is 2.49. The summed E-state index contributed by atoms with van der Waals surface area (Å²) < 4.78 is 0. The molecular weight excluding hydrogens is 132 g/mol. The summed E-state index contributed by atoms with van der Waals surface area (Å²) in [4.78, 5) is 0. The molecule has 0 aromatic heterocycles. The number of nitrogens with two attached hydrogens (primary N) is 3. The first kappa shape index (κ1) is 8.35. The van der Waals surface area contributed by atoms with Gasteiger partial charge < -0.3 is 22.3 Å². The minimum atomic E-state index is -0.255. The number of rotatable bonds is 2. The van der Waals surface area contributed by atoms with E-state index in [4.69, 9.17) is 27.7 Å². The first-order chi connectivity index (χ1) is 4.52. The van der Waals surface area contributed by atoms with Gasteiger partial charge in [0, 0.05) is 12.2 Å². The second-order valence-electron chi connectivity index (χ2n) is 1.67. The fourth-order valence-corrected chi connectivity index (χ4v) is 0.372. The highest BCUT2D eigenvalue weighted by atomic mass is 16.3. The quantitative estimate of drug-likeness (QED) is 0.149. The standard InChI is InChI=1S/C5H10N4O/c6-4(7)1-3(10)2-5(8)9/h1-2,10H,6-7H2,(H3,8,9)/b3-2-. The largest absolute Gasteiger partial charge is 0.508 e. The van der Waals surface area contributed by atoms with E-state index in [0.717, 1.165) is 12.2 Å². The number of allylic oxidation sites excluding steroid dienone is 1. The number of aliphatic hydroxyl groups is 1. The molecule has 0 amide bonds. The average Bonchev–Trinajstić information content (AvgIpc) is 1.58. The Morgan fingerprint density at radius 2 is 1.70 bits per heavy atom. The van der Waals surface area contributed by atoms with Crippen LogP contribution in [0.25, 0.3) is 0 Å². The van der Waals surface area contributed by atoms with Crippen LogP contribution in [-0.2, 0) is 0 Å². The molecule has 0 radical (unpaired) electrons. The van der Waals surface area contributed by atoms with Crippen molar-refractivity contribution >= 4 is 5.84 Å². The van der Waals surface area contributed by atoms with Crippen molar-refractivity contribution in [1.82, 2.24) is 0 Å². The Bertz CT molecular complexity index is 190. The molecule has 0 fully saturated rings. The Kier molecular flexibility index (Phi) is 2.83. The van der Waals surface area contributed by atoms with Gasteiger partial charge in [-0.1, -0.05) is 0 Å². The first-order valence-corrected chi connectivity index (χ1v) is 2.49. The molecule has 0 heterocycles. The fraction of sp³-hybridized carbons (Fsp3) is 0. The predicted molar refractivity (Wildman–Crippen MR) is 39.1 cm³/mol. The van der Waals surface area contributed by atoms with E-state index >= 15 is 0 Å². The summed E-state index contributed by atoms with van der Waals surface area (Å²) in [5.41, 5.74) is 14.9. The molecule has 0 aromatic carbocycles. The Morgan fingerprint density at radius 3 is 2.00 bits per heavy atom. The molecule has 0 saturated heterocycles. The van der Waals surface area contributed by atoms with Crippen LogP contribution in [0.2, 0.25) is 0 Å². The Morgan fingerprint density at radius 1 is 1.20 bits per heavy atom. The third kappa shape index (κ3) is 4.51. The van der Waals surface area contributed by atoms with Crippen LogP contribution in [0.1, 0.15) is 0 Å². The zero-order chi connectivity index (χ0) is 8.15. The minimum Gasteiger partial charge on any atom is -0.508 e. The van der Waals surface area contributed by atoms with E-state index < -0.39 is 0 Å². The summed E-state index contributed by atoms with van der Waals surface area (Å²) in [5.74, 6) is -0.516. The third-order valence-electron chi connectivity index (χ3n) is 0.618. The van der Waals surface area contributed by atoms with Gasteiger partial charge in [-0.05, 0) is 0 Å². The maximum Gasteiger partial charge on any atom is 0.122 e. The van der Waals surface area contributed by atoms with Crippen molar-refractivity contribution in [2.24, 2.45) is 17.2 Å². The molecule has 0 bridgehead atoms. The molecule has 0 aliphatic rings. The van der Waals surface area contributed by atoms with Gasteiger partial charge in [-0.15, -0.1) is 0 Å². The molecule has 5 nitrogen and oxygen atoms in total. The molecule has 56 valence electrons. The van der Waals surface area contributed by atoms with Crippen LogP contribution in [-0.4, -0.2) is 10.9 Å². The third-order valence-corrected chi connectivity index (χ3v) is 0.618. The molecule has 0 aliphatic heterocycles. The summed E-state index contributed by atoms with van der Waals surface area (Å²) in [5, 5.41) is 15.5. The van der Waals surface area contributed by atoms with Gasteiger partial charge in [0.05, 0.1) is 5.82 Å². The Labute approximate surface area is 58.3 Å². The highest BCUT2D eigenvalue weighted by Crippen LogP contribution is 1.89. The summed E-state index contributed by atoms with van der Waals surface area (Å²) in [6.45, 7) is 0. The van der Waals surface area contributed by atoms with Crippen molar-refractivity contribution in [2.75, 3.05) is 0 Å². The number of hydrogen-bond acceptors (Lipinski definition) is 4. The lowest BCUT2D eigenvalue weighted by Gasteiger charge is -1.91. The van der Waals surface area contributed by atoms with E-state index in [-0.39, 0.29) is 17.4 Å². The number of nitrogens with one attached hydrogen (secondary N) is 1. The smallest absolute Gasteiger partial charge is 0.122 e. The lowest BCUT2D eigenvalue weighted by atomic mass is 10.4. The van der Waals surface area contributed by atoms with Gasteiger partial charge in [-0.2, -0.15) is 0 Å². The zero-order valence-electron chi connectivity index (χ0n) is 5.33. The summed E-state index contributed by atoms with van der Waals surface area (Å²) in [7, 11) is 0. The van der Waals surface area contributed by atoms with Gasteiger partial charge in [-0.3, -0.25) is 5.41 Å². The molecule has 0 atom stereocenters. The average molecular weight is 142 g/mol. The second-order valence-corrected chi connectivity index (χ2v) is 1.67. The van der Waals surface area contributed by atoms with Crippen molar-refractivity contribution in [3.63, 3.8) is 0 Å². The number of hydrogen-bond donors (Lipinski definition) is 5. The Hall–Kier alpha value is -1.65. The highest BCUT2D eigenvalue weighted by Gasteiger charge is 1.87. The Balaban J connectivity index is 4.22. The molecular formula is C5H10N4O. The molecule has 5 heteroatoms. The van der Waals surface area contributed by atoms with Gasteiger partial charge in [0.15, 0.2) is 0 Å². The molecule has 0 rings (SSSR count). The topological polar surface area (TPSA) is 122 Å². The summed E-state index contributed by atoms with van der Waals surface area (Å²) >= 11 is 0. The molecule has 0 unspecified atom stereocenters. The van der Waals surface area contributed by atoms with E-state index in [0.29, 0.717) is 0 Å². The molecule has 10 heavy (non-hydrogen) atoms. The number of aliphatic hydroxyl groups excluding tert-OH is 1. The van der Waals surface area contributed by atoms with Crippen LogP contribution in [0.15, 0.2) is 23.7 Å². The summed E-state index contributed by atoms with van der Waals surface area (Å²) in [6, 6.07) is 0. The second kappa shape index (κ2) is 3.39. The predicted octanol–water partition coefficient (Wildman–Crippen LogP) is -0.877. The van der Waals surface area contributed by atoms with Crippen LogP contribution in [0.5, 0.6) is 0 Å². The maximum absolute atomic E-state index is 8.79.